The third-order valence-corrected chi connectivity index (χ3v) is 2.64. The van der Waals surface area contributed by atoms with Crippen molar-refractivity contribution < 1.29 is 9.53 Å². The predicted molar refractivity (Wildman–Crippen MR) is 63.9 cm³/mol. The first-order valence-electron chi connectivity index (χ1n) is 5.38. The summed E-state index contributed by atoms with van der Waals surface area (Å²) in [4.78, 5) is 14.5. The van der Waals surface area contributed by atoms with Gasteiger partial charge in [-0.3, -0.25) is 4.79 Å². The van der Waals surface area contributed by atoms with Gasteiger partial charge in [-0.05, 0) is 33.6 Å². The summed E-state index contributed by atoms with van der Waals surface area (Å²) < 4.78 is 5.22. The first-order chi connectivity index (χ1) is 6.88. The zero-order chi connectivity index (χ0) is 11.5. The highest BCUT2D eigenvalue weighted by atomic mass is 32.1. The zero-order valence-electron chi connectivity index (χ0n) is 9.71. The Morgan fingerprint density at radius 1 is 1.53 bits per heavy atom. The topological polar surface area (TPSA) is 29.5 Å². The zero-order valence-corrected chi connectivity index (χ0v) is 10.5. The molecular formula is C11H19NO2S. The van der Waals surface area contributed by atoms with E-state index >= 15 is 0 Å². The molecule has 1 aliphatic heterocycles. The molecule has 0 atom stereocenters. The van der Waals surface area contributed by atoms with Gasteiger partial charge in [0.15, 0.2) is 0 Å². The number of hydrogen-bond donors (Lipinski definition) is 0. The van der Waals surface area contributed by atoms with Crippen molar-refractivity contribution in [2.75, 3.05) is 13.1 Å². The third-order valence-electron chi connectivity index (χ3n) is 2.18. The molecule has 1 saturated heterocycles. The molecule has 86 valence electrons. The van der Waals surface area contributed by atoms with Crippen molar-refractivity contribution in [3.8, 4) is 0 Å². The Kier molecular flexibility index (Phi) is 4.08. The molecule has 1 aliphatic rings. The summed E-state index contributed by atoms with van der Waals surface area (Å²) in [6.45, 7) is 7.33. The van der Waals surface area contributed by atoms with Crippen molar-refractivity contribution >= 4 is 23.2 Å². The lowest BCUT2D eigenvalue weighted by molar-refractivity contribution is -0.154. The Morgan fingerprint density at radius 2 is 2.20 bits per heavy atom. The van der Waals surface area contributed by atoms with E-state index in [-0.39, 0.29) is 11.6 Å². The van der Waals surface area contributed by atoms with E-state index in [4.69, 9.17) is 17.0 Å². The Labute approximate surface area is 96.8 Å². The van der Waals surface area contributed by atoms with E-state index in [0.717, 1.165) is 24.4 Å². The van der Waals surface area contributed by atoms with Crippen LogP contribution in [-0.4, -0.2) is 34.5 Å². The lowest BCUT2D eigenvalue weighted by atomic mass is 10.2. The summed E-state index contributed by atoms with van der Waals surface area (Å²) >= 11 is 5.18. The molecule has 0 unspecified atom stereocenters. The van der Waals surface area contributed by atoms with Gasteiger partial charge in [-0.25, -0.2) is 0 Å². The molecular weight excluding hydrogens is 210 g/mol. The fourth-order valence-electron chi connectivity index (χ4n) is 1.56. The molecule has 4 heteroatoms. The lowest BCUT2D eigenvalue weighted by Crippen LogP contribution is -2.29. The van der Waals surface area contributed by atoms with Crippen LogP contribution < -0.4 is 0 Å². The Bertz CT molecular complexity index is 258. The van der Waals surface area contributed by atoms with Crippen molar-refractivity contribution in [2.24, 2.45) is 0 Å². The third kappa shape index (κ3) is 4.60. The number of likely N-dealkylation sites (tertiary alicyclic amines) is 1. The normalized spacial score (nSPS) is 17.0. The highest BCUT2D eigenvalue weighted by Crippen LogP contribution is 2.13. The van der Waals surface area contributed by atoms with E-state index in [1.54, 1.807) is 0 Å². The summed E-state index contributed by atoms with van der Waals surface area (Å²) in [5.41, 5.74) is -0.386. The summed E-state index contributed by atoms with van der Waals surface area (Å²) in [7, 11) is 0. The molecule has 1 rings (SSSR count). The van der Waals surface area contributed by atoms with E-state index in [9.17, 15) is 4.79 Å². The van der Waals surface area contributed by atoms with Gasteiger partial charge in [-0.1, -0.05) is 12.2 Å². The molecule has 0 radical (unpaired) electrons. The van der Waals surface area contributed by atoms with Gasteiger partial charge in [0.25, 0.3) is 0 Å². The molecule has 0 spiro atoms. The van der Waals surface area contributed by atoms with Gasteiger partial charge in [0.2, 0.25) is 0 Å². The average Bonchev–Trinajstić information content (AvgIpc) is 2.44. The van der Waals surface area contributed by atoms with Crippen LogP contribution in [0.4, 0.5) is 0 Å². The monoisotopic (exact) mass is 229 g/mol. The summed E-state index contributed by atoms with van der Waals surface area (Å²) in [5, 5.41) is 0. The Hall–Kier alpha value is -0.640. The molecule has 15 heavy (non-hydrogen) atoms. The van der Waals surface area contributed by atoms with Crippen molar-refractivity contribution in [1.29, 1.82) is 0 Å². The number of ether oxygens (including phenoxy) is 1. The van der Waals surface area contributed by atoms with Crippen LogP contribution >= 0.6 is 12.2 Å². The molecule has 0 aromatic heterocycles. The van der Waals surface area contributed by atoms with Gasteiger partial charge in [0.1, 0.15) is 5.60 Å². The first-order valence-corrected chi connectivity index (χ1v) is 5.79. The Morgan fingerprint density at radius 3 is 2.67 bits per heavy atom. The number of carbonyl (C=O) groups is 1. The minimum atomic E-state index is -0.386. The second-order valence-corrected chi connectivity index (χ2v) is 5.29. The van der Waals surface area contributed by atoms with Crippen LogP contribution in [0.15, 0.2) is 0 Å². The minimum Gasteiger partial charge on any atom is -0.460 e. The molecule has 0 bridgehead atoms. The molecule has 0 aliphatic carbocycles. The maximum absolute atomic E-state index is 11.4. The van der Waals surface area contributed by atoms with Crippen molar-refractivity contribution in [1.82, 2.24) is 4.90 Å². The fraction of sp³-hybridized carbons (Fsp3) is 0.818. The number of carbonyl (C=O) groups excluding carboxylic acids is 1. The lowest BCUT2D eigenvalue weighted by Gasteiger charge is -2.21. The van der Waals surface area contributed by atoms with Crippen LogP contribution in [-0.2, 0) is 9.53 Å². The highest BCUT2D eigenvalue weighted by molar-refractivity contribution is 7.80. The second-order valence-electron chi connectivity index (χ2n) is 4.82. The second kappa shape index (κ2) is 4.92. The summed E-state index contributed by atoms with van der Waals surface area (Å²) in [6.07, 6.45) is 2.54. The van der Waals surface area contributed by atoms with E-state index < -0.39 is 0 Å². The number of nitrogens with zero attached hydrogens (tertiary/aromatic N) is 1. The van der Waals surface area contributed by atoms with E-state index in [0.29, 0.717) is 13.0 Å². The van der Waals surface area contributed by atoms with Gasteiger partial charge in [-0.2, -0.15) is 0 Å². The van der Waals surface area contributed by atoms with Crippen molar-refractivity contribution in [2.45, 2.75) is 45.6 Å². The molecule has 0 aromatic carbocycles. The summed E-state index contributed by atoms with van der Waals surface area (Å²) in [6, 6.07) is 0. The van der Waals surface area contributed by atoms with Crippen LogP contribution in [0.5, 0.6) is 0 Å². The van der Waals surface area contributed by atoms with Gasteiger partial charge < -0.3 is 9.64 Å². The van der Waals surface area contributed by atoms with Gasteiger partial charge in [0.05, 0.1) is 11.4 Å². The number of hydrogen-bond acceptors (Lipinski definition) is 3. The van der Waals surface area contributed by atoms with Crippen molar-refractivity contribution in [3.05, 3.63) is 0 Å². The standard InChI is InChI=1S/C11H19NO2S/c1-11(2,3)14-10(13)6-8-12-7-4-5-9(12)15/h4-8H2,1-3H3. The molecule has 3 nitrogen and oxygen atoms in total. The van der Waals surface area contributed by atoms with Gasteiger partial charge >= 0.3 is 5.97 Å². The molecule has 0 aromatic rings. The van der Waals surface area contributed by atoms with Crippen LogP contribution in [0.2, 0.25) is 0 Å². The van der Waals surface area contributed by atoms with Crippen LogP contribution in [0.1, 0.15) is 40.0 Å². The molecule has 1 heterocycles. The molecule has 1 fully saturated rings. The molecule has 0 amide bonds. The number of rotatable bonds is 3. The Balaban J connectivity index is 2.25. The quantitative estimate of drug-likeness (QED) is 0.548. The number of thiocarbonyl (C=S) groups is 1. The SMILES string of the molecule is CC(C)(C)OC(=O)CCN1CCCC1=S. The first kappa shape index (κ1) is 12.4. The van der Waals surface area contributed by atoms with Crippen LogP contribution in [0.3, 0.4) is 0 Å². The predicted octanol–water partition coefficient (Wildman–Crippen LogP) is 2.14. The largest absolute Gasteiger partial charge is 0.460 e. The van der Waals surface area contributed by atoms with Crippen LogP contribution in [0, 0.1) is 0 Å². The smallest absolute Gasteiger partial charge is 0.308 e. The van der Waals surface area contributed by atoms with Crippen LogP contribution in [0.25, 0.3) is 0 Å². The molecule has 0 saturated carbocycles. The maximum atomic E-state index is 11.4. The molecule has 0 N–H and O–H groups in total. The number of esters is 1. The van der Waals surface area contributed by atoms with Gasteiger partial charge in [-0.15, -0.1) is 0 Å². The maximum Gasteiger partial charge on any atom is 0.308 e. The van der Waals surface area contributed by atoms with Gasteiger partial charge in [0, 0.05) is 13.1 Å². The van der Waals surface area contributed by atoms with E-state index in [1.807, 2.05) is 20.8 Å². The highest BCUT2D eigenvalue weighted by Gasteiger charge is 2.20. The fourth-order valence-corrected chi connectivity index (χ4v) is 1.89. The minimum absolute atomic E-state index is 0.141. The van der Waals surface area contributed by atoms with E-state index in [1.165, 1.54) is 0 Å². The average molecular weight is 229 g/mol. The summed E-state index contributed by atoms with van der Waals surface area (Å²) in [5.74, 6) is -0.141. The van der Waals surface area contributed by atoms with Crippen molar-refractivity contribution in [3.63, 3.8) is 0 Å². The van der Waals surface area contributed by atoms with E-state index in [2.05, 4.69) is 4.90 Å².